The number of ether oxygens (including phenoxy) is 1. The Labute approximate surface area is 136 Å². The van der Waals surface area contributed by atoms with E-state index in [4.69, 9.17) is 27.9 Å². The molecule has 2 nitrogen and oxygen atoms in total. The first-order valence-corrected chi connectivity index (χ1v) is 7.77. The van der Waals surface area contributed by atoms with Crippen LogP contribution in [0.1, 0.15) is 18.9 Å². The van der Waals surface area contributed by atoms with Gasteiger partial charge in [-0.15, -0.1) is 0 Å². The highest BCUT2D eigenvalue weighted by atomic mass is 35.5. The standard InChI is InChI=1S/C17H19Cl2NO/c1-3-14(21-17-7-5-4-6-12(17)2)11-20-16-10-13(18)8-9-15(16)19/h4-10,14,20H,3,11H2,1-2H3. The van der Waals surface area contributed by atoms with Gasteiger partial charge in [0.1, 0.15) is 11.9 Å². The quantitative estimate of drug-likeness (QED) is 0.750. The van der Waals surface area contributed by atoms with Gasteiger partial charge in [0.25, 0.3) is 0 Å². The Morgan fingerprint density at radius 1 is 1.14 bits per heavy atom. The molecule has 0 aromatic heterocycles. The molecule has 0 heterocycles. The van der Waals surface area contributed by atoms with E-state index in [2.05, 4.69) is 12.2 Å². The van der Waals surface area contributed by atoms with Crippen molar-refractivity contribution in [2.75, 3.05) is 11.9 Å². The zero-order valence-electron chi connectivity index (χ0n) is 12.2. The first-order chi connectivity index (χ1) is 10.1. The van der Waals surface area contributed by atoms with E-state index < -0.39 is 0 Å². The van der Waals surface area contributed by atoms with Gasteiger partial charge in [-0.05, 0) is 43.2 Å². The van der Waals surface area contributed by atoms with Gasteiger partial charge in [0.05, 0.1) is 17.3 Å². The first-order valence-electron chi connectivity index (χ1n) is 7.01. The molecule has 0 spiro atoms. The van der Waals surface area contributed by atoms with Gasteiger partial charge >= 0.3 is 0 Å². The number of nitrogens with one attached hydrogen (secondary N) is 1. The largest absolute Gasteiger partial charge is 0.488 e. The van der Waals surface area contributed by atoms with Gasteiger partial charge in [0, 0.05) is 5.02 Å². The van der Waals surface area contributed by atoms with Crippen molar-refractivity contribution in [1.29, 1.82) is 0 Å². The van der Waals surface area contributed by atoms with E-state index in [1.54, 1.807) is 12.1 Å². The minimum absolute atomic E-state index is 0.0705. The Hall–Kier alpha value is -1.38. The third-order valence-electron chi connectivity index (χ3n) is 3.29. The Morgan fingerprint density at radius 3 is 2.62 bits per heavy atom. The molecular weight excluding hydrogens is 305 g/mol. The number of para-hydroxylation sites is 1. The lowest BCUT2D eigenvalue weighted by Crippen LogP contribution is -2.25. The number of hydrogen-bond donors (Lipinski definition) is 1. The normalized spacial score (nSPS) is 12.0. The minimum atomic E-state index is 0.0705. The molecule has 2 aromatic carbocycles. The maximum absolute atomic E-state index is 6.15. The molecule has 1 atom stereocenters. The fourth-order valence-corrected chi connectivity index (χ4v) is 2.35. The summed E-state index contributed by atoms with van der Waals surface area (Å²) in [5.74, 6) is 0.920. The molecule has 4 heteroatoms. The van der Waals surface area contributed by atoms with Gasteiger partial charge < -0.3 is 10.1 Å². The molecule has 0 aliphatic heterocycles. The molecule has 0 saturated carbocycles. The molecular formula is C17H19Cl2NO. The molecule has 0 aliphatic carbocycles. The van der Waals surface area contributed by atoms with Crippen LogP contribution in [0.25, 0.3) is 0 Å². The highest BCUT2D eigenvalue weighted by Gasteiger charge is 2.10. The summed E-state index contributed by atoms with van der Waals surface area (Å²) in [7, 11) is 0. The lowest BCUT2D eigenvalue weighted by molar-refractivity contribution is 0.208. The van der Waals surface area contributed by atoms with Gasteiger partial charge in [0.2, 0.25) is 0 Å². The molecule has 21 heavy (non-hydrogen) atoms. The average molecular weight is 324 g/mol. The monoisotopic (exact) mass is 323 g/mol. The van der Waals surface area contributed by atoms with Crippen LogP contribution >= 0.6 is 23.2 Å². The predicted octanol–water partition coefficient (Wildman–Crippen LogP) is 5.57. The topological polar surface area (TPSA) is 21.3 Å². The van der Waals surface area contributed by atoms with E-state index in [1.165, 1.54) is 0 Å². The van der Waals surface area contributed by atoms with Crippen LogP contribution in [0.4, 0.5) is 5.69 Å². The van der Waals surface area contributed by atoms with E-state index in [0.717, 1.165) is 23.4 Å². The van der Waals surface area contributed by atoms with Crippen molar-refractivity contribution in [3.63, 3.8) is 0 Å². The molecule has 0 bridgehead atoms. The Morgan fingerprint density at radius 2 is 1.90 bits per heavy atom. The van der Waals surface area contributed by atoms with E-state index in [1.807, 2.05) is 37.3 Å². The summed E-state index contributed by atoms with van der Waals surface area (Å²) in [4.78, 5) is 0. The predicted molar refractivity (Wildman–Crippen MR) is 90.8 cm³/mol. The third-order valence-corrected chi connectivity index (χ3v) is 3.86. The van der Waals surface area contributed by atoms with Crippen LogP contribution in [0.5, 0.6) is 5.75 Å². The van der Waals surface area contributed by atoms with Crippen molar-refractivity contribution in [2.24, 2.45) is 0 Å². The van der Waals surface area contributed by atoms with Crippen molar-refractivity contribution < 1.29 is 4.74 Å². The van der Waals surface area contributed by atoms with Crippen LogP contribution in [-0.4, -0.2) is 12.6 Å². The van der Waals surface area contributed by atoms with E-state index in [9.17, 15) is 0 Å². The van der Waals surface area contributed by atoms with Crippen LogP contribution in [0.3, 0.4) is 0 Å². The Kier molecular flexibility index (Phi) is 5.77. The molecule has 0 amide bonds. The summed E-state index contributed by atoms with van der Waals surface area (Å²) in [6.07, 6.45) is 0.973. The number of aryl methyl sites for hydroxylation is 1. The summed E-state index contributed by atoms with van der Waals surface area (Å²) < 4.78 is 6.05. The number of anilines is 1. The van der Waals surface area contributed by atoms with Crippen LogP contribution in [0.2, 0.25) is 10.0 Å². The van der Waals surface area contributed by atoms with Gasteiger partial charge in [-0.3, -0.25) is 0 Å². The van der Waals surface area contributed by atoms with Gasteiger partial charge in [0.15, 0.2) is 0 Å². The highest BCUT2D eigenvalue weighted by Crippen LogP contribution is 2.26. The number of rotatable bonds is 6. The molecule has 1 unspecified atom stereocenters. The van der Waals surface area contributed by atoms with Crippen molar-refractivity contribution in [3.05, 3.63) is 58.1 Å². The second-order valence-corrected chi connectivity index (χ2v) is 5.76. The third kappa shape index (κ3) is 4.55. The minimum Gasteiger partial charge on any atom is -0.488 e. The van der Waals surface area contributed by atoms with Crippen LogP contribution in [0.15, 0.2) is 42.5 Å². The lowest BCUT2D eigenvalue weighted by atomic mass is 10.2. The fourth-order valence-electron chi connectivity index (χ4n) is 1.99. The number of halogens is 2. The molecule has 2 rings (SSSR count). The molecule has 1 N–H and O–H groups in total. The van der Waals surface area contributed by atoms with Gasteiger partial charge in [-0.1, -0.05) is 48.3 Å². The van der Waals surface area contributed by atoms with E-state index >= 15 is 0 Å². The fraction of sp³-hybridized carbons (Fsp3) is 0.294. The Bertz CT molecular complexity index is 601. The summed E-state index contributed by atoms with van der Waals surface area (Å²) in [5, 5.41) is 4.62. The molecule has 0 aliphatic rings. The number of benzene rings is 2. The summed E-state index contributed by atoms with van der Waals surface area (Å²) in [6.45, 7) is 4.82. The molecule has 0 saturated heterocycles. The maximum atomic E-state index is 6.15. The van der Waals surface area contributed by atoms with E-state index in [0.29, 0.717) is 16.6 Å². The van der Waals surface area contributed by atoms with Gasteiger partial charge in [-0.25, -0.2) is 0 Å². The second-order valence-electron chi connectivity index (χ2n) is 4.92. The molecule has 112 valence electrons. The molecule has 2 aromatic rings. The zero-order valence-corrected chi connectivity index (χ0v) is 13.7. The van der Waals surface area contributed by atoms with Crippen molar-refractivity contribution in [1.82, 2.24) is 0 Å². The van der Waals surface area contributed by atoms with Crippen LogP contribution in [0, 0.1) is 6.92 Å². The zero-order chi connectivity index (χ0) is 15.2. The van der Waals surface area contributed by atoms with Crippen molar-refractivity contribution in [3.8, 4) is 5.75 Å². The Balaban J connectivity index is 2.00. The van der Waals surface area contributed by atoms with Crippen molar-refractivity contribution in [2.45, 2.75) is 26.4 Å². The van der Waals surface area contributed by atoms with Gasteiger partial charge in [-0.2, -0.15) is 0 Å². The van der Waals surface area contributed by atoms with Crippen LogP contribution in [-0.2, 0) is 0 Å². The summed E-state index contributed by atoms with van der Waals surface area (Å²) in [6, 6.07) is 13.4. The summed E-state index contributed by atoms with van der Waals surface area (Å²) >= 11 is 12.1. The average Bonchev–Trinajstić information content (AvgIpc) is 2.48. The van der Waals surface area contributed by atoms with Crippen molar-refractivity contribution >= 4 is 28.9 Å². The number of hydrogen-bond acceptors (Lipinski definition) is 2. The smallest absolute Gasteiger partial charge is 0.122 e. The second kappa shape index (κ2) is 7.58. The SMILES string of the molecule is CCC(CNc1cc(Cl)ccc1Cl)Oc1ccccc1C. The molecule has 0 fully saturated rings. The molecule has 0 radical (unpaired) electrons. The summed E-state index contributed by atoms with van der Waals surface area (Å²) in [5.41, 5.74) is 1.97. The maximum Gasteiger partial charge on any atom is 0.122 e. The van der Waals surface area contributed by atoms with Crippen LogP contribution < -0.4 is 10.1 Å². The lowest BCUT2D eigenvalue weighted by Gasteiger charge is -2.20. The van der Waals surface area contributed by atoms with E-state index in [-0.39, 0.29) is 6.10 Å². The highest BCUT2D eigenvalue weighted by molar-refractivity contribution is 6.35. The first kappa shape index (κ1) is 16.0.